The van der Waals surface area contributed by atoms with E-state index in [0.717, 1.165) is 12.2 Å². The van der Waals surface area contributed by atoms with Crippen molar-refractivity contribution in [2.24, 2.45) is 5.73 Å². The van der Waals surface area contributed by atoms with Crippen molar-refractivity contribution in [1.82, 2.24) is 9.55 Å². The minimum atomic E-state index is 0.551. The van der Waals surface area contributed by atoms with Gasteiger partial charge in [0.2, 0.25) is 0 Å². The van der Waals surface area contributed by atoms with Crippen LogP contribution in [0.2, 0.25) is 0 Å². The Bertz CT molecular complexity index is 189. The topological polar surface area (TPSA) is 53.1 Å². The average molecular weight is 155 g/mol. The van der Waals surface area contributed by atoms with Crippen LogP contribution in [0.4, 0.5) is 0 Å². The van der Waals surface area contributed by atoms with Crippen molar-refractivity contribution < 1.29 is 4.74 Å². The summed E-state index contributed by atoms with van der Waals surface area (Å²) in [6.07, 6.45) is 4.44. The number of nitrogens with two attached hydrogens (primary N) is 1. The van der Waals surface area contributed by atoms with Crippen molar-refractivity contribution in [2.45, 2.75) is 13.2 Å². The second kappa shape index (κ2) is 4.10. The van der Waals surface area contributed by atoms with Gasteiger partial charge in [-0.1, -0.05) is 0 Å². The van der Waals surface area contributed by atoms with Crippen molar-refractivity contribution in [2.75, 3.05) is 13.7 Å². The van der Waals surface area contributed by atoms with E-state index in [2.05, 4.69) is 4.98 Å². The standard InChI is InChI=1S/C7H13N3O/c1-11-6-10-5-4-9-7(10)2-3-8/h4-5H,2-3,6,8H2,1H3. The molecule has 0 aliphatic rings. The molecule has 4 nitrogen and oxygen atoms in total. The molecular weight excluding hydrogens is 142 g/mol. The second-order valence-corrected chi connectivity index (χ2v) is 2.27. The monoisotopic (exact) mass is 155 g/mol. The Labute approximate surface area is 66.0 Å². The first-order valence-corrected chi connectivity index (χ1v) is 3.57. The van der Waals surface area contributed by atoms with Crippen LogP contribution in [0.1, 0.15) is 5.82 Å². The van der Waals surface area contributed by atoms with Crippen LogP contribution < -0.4 is 5.73 Å². The van der Waals surface area contributed by atoms with Crippen LogP contribution in [-0.4, -0.2) is 23.2 Å². The predicted octanol–water partition coefficient (Wildman–Crippen LogP) is -0.0118. The van der Waals surface area contributed by atoms with Crippen molar-refractivity contribution in [3.8, 4) is 0 Å². The van der Waals surface area contributed by atoms with E-state index in [0.29, 0.717) is 13.3 Å². The largest absolute Gasteiger partial charge is 0.364 e. The second-order valence-electron chi connectivity index (χ2n) is 2.27. The Morgan fingerprint density at radius 3 is 3.18 bits per heavy atom. The third-order valence-electron chi connectivity index (χ3n) is 1.44. The number of rotatable bonds is 4. The zero-order valence-corrected chi connectivity index (χ0v) is 6.66. The minimum Gasteiger partial charge on any atom is -0.364 e. The molecule has 0 atom stereocenters. The molecule has 0 saturated carbocycles. The van der Waals surface area contributed by atoms with Gasteiger partial charge in [0, 0.05) is 25.9 Å². The van der Waals surface area contributed by atoms with Crippen molar-refractivity contribution in [1.29, 1.82) is 0 Å². The molecule has 0 amide bonds. The third kappa shape index (κ3) is 2.03. The maximum absolute atomic E-state index is 5.39. The molecule has 0 bridgehead atoms. The Balaban J connectivity index is 2.62. The van der Waals surface area contributed by atoms with Crippen LogP contribution in [0.5, 0.6) is 0 Å². The highest BCUT2D eigenvalue weighted by molar-refractivity contribution is 4.91. The molecule has 0 fully saturated rings. The lowest BCUT2D eigenvalue weighted by Crippen LogP contribution is -2.10. The van der Waals surface area contributed by atoms with Gasteiger partial charge in [-0.2, -0.15) is 0 Å². The molecule has 1 aromatic heterocycles. The van der Waals surface area contributed by atoms with Gasteiger partial charge >= 0.3 is 0 Å². The number of hydrogen-bond acceptors (Lipinski definition) is 3. The third-order valence-corrected chi connectivity index (χ3v) is 1.44. The minimum absolute atomic E-state index is 0.551. The van der Waals surface area contributed by atoms with Gasteiger partial charge in [0.05, 0.1) is 0 Å². The smallest absolute Gasteiger partial charge is 0.123 e. The number of aromatic nitrogens is 2. The lowest BCUT2D eigenvalue weighted by Gasteiger charge is -2.03. The van der Waals surface area contributed by atoms with Crippen LogP contribution in [0.15, 0.2) is 12.4 Å². The molecular formula is C7H13N3O. The van der Waals surface area contributed by atoms with Gasteiger partial charge in [-0.3, -0.25) is 0 Å². The number of nitrogens with zero attached hydrogens (tertiary/aromatic N) is 2. The SMILES string of the molecule is COCn1ccnc1CCN. The van der Waals surface area contributed by atoms with Gasteiger partial charge in [0.25, 0.3) is 0 Å². The number of ether oxygens (including phenoxy) is 1. The lowest BCUT2D eigenvalue weighted by atomic mass is 10.4. The Hall–Kier alpha value is -0.870. The highest BCUT2D eigenvalue weighted by atomic mass is 16.5. The van der Waals surface area contributed by atoms with Crippen molar-refractivity contribution >= 4 is 0 Å². The summed E-state index contributed by atoms with van der Waals surface area (Å²) in [5.41, 5.74) is 5.39. The lowest BCUT2D eigenvalue weighted by molar-refractivity contribution is 0.128. The Kier molecular flexibility index (Phi) is 3.07. The fourth-order valence-electron chi connectivity index (χ4n) is 0.954. The summed E-state index contributed by atoms with van der Waals surface area (Å²) in [5.74, 6) is 0.981. The van der Waals surface area contributed by atoms with Crippen LogP contribution in [0.3, 0.4) is 0 Å². The first kappa shape index (κ1) is 8.23. The van der Waals surface area contributed by atoms with E-state index in [1.54, 1.807) is 13.3 Å². The van der Waals surface area contributed by atoms with Gasteiger partial charge in [0.15, 0.2) is 0 Å². The molecule has 1 aromatic rings. The molecule has 0 radical (unpaired) electrons. The number of imidazole rings is 1. The van der Waals surface area contributed by atoms with Crippen molar-refractivity contribution in [3.05, 3.63) is 18.2 Å². The van der Waals surface area contributed by atoms with Crippen LogP contribution in [0, 0.1) is 0 Å². The van der Waals surface area contributed by atoms with E-state index in [1.165, 1.54) is 0 Å². The first-order chi connectivity index (χ1) is 5.38. The quantitative estimate of drug-likeness (QED) is 0.665. The molecule has 0 aromatic carbocycles. The van der Waals surface area contributed by atoms with Crippen LogP contribution in [0.25, 0.3) is 0 Å². The van der Waals surface area contributed by atoms with Gasteiger partial charge in [0.1, 0.15) is 12.6 Å². The van der Waals surface area contributed by atoms with E-state index in [-0.39, 0.29) is 0 Å². The van der Waals surface area contributed by atoms with Gasteiger partial charge in [-0.15, -0.1) is 0 Å². The zero-order valence-electron chi connectivity index (χ0n) is 6.66. The van der Waals surface area contributed by atoms with Gasteiger partial charge in [-0.05, 0) is 6.54 Å². The van der Waals surface area contributed by atoms with E-state index >= 15 is 0 Å². The molecule has 2 N–H and O–H groups in total. The molecule has 0 aliphatic heterocycles. The summed E-state index contributed by atoms with van der Waals surface area (Å²) in [6.45, 7) is 1.18. The Morgan fingerprint density at radius 2 is 2.55 bits per heavy atom. The maximum Gasteiger partial charge on any atom is 0.123 e. The Morgan fingerprint density at radius 1 is 1.73 bits per heavy atom. The van der Waals surface area contributed by atoms with Gasteiger partial charge in [-0.25, -0.2) is 4.98 Å². The molecule has 4 heteroatoms. The molecule has 1 heterocycles. The van der Waals surface area contributed by atoms with E-state index in [9.17, 15) is 0 Å². The molecule has 0 unspecified atom stereocenters. The number of hydrogen-bond donors (Lipinski definition) is 1. The molecule has 11 heavy (non-hydrogen) atoms. The predicted molar refractivity (Wildman–Crippen MR) is 42.0 cm³/mol. The maximum atomic E-state index is 5.39. The summed E-state index contributed by atoms with van der Waals surface area (Å²) in [7, 11) is 1.66. The number of methoxy groups -OCH3 is 1. The van der Waals surface area contributed by atoms with Gasteiger partial charge < -0.3 is 15.0 Å². The highest BCUT2D eigenvalue weighted by Crippen LogP contribution is 1.97. The fourth-order valence-corrected chi connectivity index (χ4v) is 0.954. The summed E-state index contributed by atoms with van der Waals surface area (Å²) < 4.78 is 6.89. The zero-order chi connectivity index (χ0) is 8.10. The first-order valence-electron chi connectivity index (χ1n) is 3.57. The highest BCUT2D eigenvalue weighted by Gasteiger charge is 1.98. The molecule has 1 rings (SSSR count). The summed E-state index contributed by atoms with van der Waals surface area (Å²) >= 11 is 0. The van der Waals surface area contributed by atoms with Crippen LogP contribution in [-0.2, 0) is 17.9 Å². The molecule has 0 saturated heterocycles. The normalized spacial score (nSPS) is 10.4. The summed E-state index contributed by atoms with van der Waals surface area (Å²) in [6, 6.07) is 0. The summed E-state index contributed by atoms with van der Waals surface area (Å²) in [5, 5.41) is 0. The molecule has 0 spiro atoms. The van der Waals surface area contributed by atoms with E-state index in [1.807, 2.05) is 10.8 Å². The van der Waals surface area contributed by atoms with E-state index in [4.69, 9.17) is 10.5 Å². The summed E-state index contributed by atoms with van der Waals surface area (Å²) in [4.78, 5) is 4.13. The molecule has 0 aliphatic carbocycles. The molecule has 62 valence electrons. The fraction of sp³-hybridized carbons (Fsp3) is 0.571. The average Bonchev–Trinajstić information content (AvgIpc) is 2.39. The van der Waals surface area contributed by atoms with Crippen LogP contribution >= 0.6 is 0 Å². The van der Waals surface area contributed by atoms with E-state index < -0.39 is 0 Å². The van der Waals surface area contributed by atoms with Crippen molar-refractivity contribution in [3.63, 3.8) is 0 Å².